The largest absolute Gasteiger partial charge is 0.461 e. The number of ether oxygens (including phenoxy) is 2. The second-order valence-electron chi connectivity index (χ2n) is 7.87. The molecule has 0 aliphatic carbocycles. The van der Waals surface area contributed by atoms with Gasteiger partial charge in [0.2, 0.25) is 11.8 Å². The SMILES string of the molecule is CC(=O)OCC1=CS[C@@H]2[C@H](NC(=O)OC(C)(C)C)C(=O)N2C1C(=O)NCCCN=[N+]=[N-]. The average Bonchev–Trinajstić information content (AvgIpc) is 2.67. The zero-order valence-electron chi connectivity index (χ0n) is 17.8. The van der Waals surface area contributed by atoms with E-state index in [0.29, 0.717) is 12.0 Å². The molecule has 2 aliphatic rings. The molecule has 31 heavy (non-hydrogen) atoms. The summed E-state index contributed by atoms with van der Waals surface area (Å²) in [6, 6.07) is -1.82. The summed E-state index contributed by atoms with van der Waals surface area (Å²) in [4.78, 5) is 52.9. The van der Waals surface area contributed by atoms with Crippen LogP contribution in [0.15, 0.2) is 16.1 Å². The van der Waals surface area contributed by atoms with Gasteiger partial charge < -0.3 is 25.0 Å². The standard InChI is InChI=1S/C18H26N6O6S/c1-10(25)29-8-11-9-31-16-12(22-17(28)30-18(2,3)4)15(27)24(16)13(11)14(26)20-6-5-7-21-23-19/h9,12-13,16H,5-8H2,1-4H3,(H,20,26)(H,22,28)/t12-,13?,16-/m1/s1. The molecule has 2 aliphatic heterocycles. The Bertz CT molecular complexity index is 819. The van der Waals surface area contributed by atoms with Crippen LogP contribution in [0.2, 0.25) is 0 Å². The first-order chi connectivity index (χ1) is 14.5. The molecule has 2 rings (SSSR count). The Morgan fingerprint density at radius 2 is 2.06 bits per heavy atom. The third-order valence-corrected chi connectivity index (χ3v) is 5.45. The van der Waals surface area contributed by atoms with Crippen LogP contribution in [0.25, 0.3) is 10.4 Å². The van der Waals surface area contributed by atoms with E-state index in [1.54, 1.807) is 26.2 Å². The van der Waals surface area contributed by atoms with Crippen molar-refractivity contribution in [2.24, 2.45) is 5.11 Å². The lowest BCUT2D eigenvalue weighted by Crippen LogP contribution is -2.74. The monoisotopic (exact) mass is 454 g/mol. The molecule has 3 atom stereocenters. The van der Waals surface area contributed by atoms with Gasteiger partial charge in [0.15, 0.2) is 0 Å². The Labute approximate surface area is 183 Å². The van der Waals surface area contributed by atoms with Gasteiger partial charge in [-0.15, -0.1) is 11.8 Å². The van der Waals surface area contributed by atoms with Crippen LogP contribution in [0.4, 0.5) is 4.79 Å². The second-order valence-corrected chi connectivity index (χ2v) is 8.86. The van der Waals surface area contributed by atoms with Crippen molar-refractivity contribution in [3.8, 4) is 0 Å². The summed E-state index contributed by atoms with van der Waals surface area (Å²) in [6.45, 7) is 6.71. The van der Waals surface area contributed by atoms with Crippen molar-refractivity contribution in [1.29, 1.82) is 0 Å². The topological polar surface area (TPSA) is 163 Å². The van der Waals surface area contributed by atoms with Crippen molar-refractivity contribution in [1.82, 2.24) is 15.5 Å². The average molecular weight is 455 g/mol. The van der Waals surface area contributed by atoms with Crippen LogP contribution in [0.3, 0.4) is 0 Å². The lowest BCUT2D eigenvalue weighted by Gasteiger charge is -2.51. The minimum atomic E-state index is -0.978. The van der Waals surface area contributed by atoms with Crippen molar-refractivity contribution in [2.75, 3.05) is 19.7 Å². The number of rotatable bonds is 8. The van der Waals surface area contributed by atoms with E-state index >= 15 is 0 Å². The molecule has 0 saturated carbocycles. The van der Waals surface area contributed by atoms with Gasteiger partial charge in [-0.1, -0.05) is 5.11 Å². The minimum Gasteiger partial charge on any atom is -0.461 e. The Kier molecular flexibility index (Phi) is 8.17. The number of esters is 1. The summed E-state index contributed by atoms with van der Waals surface area (Å²) in [5.74, 6) is -1.40. The summed E-state index contributed by atoms with van der Waals surface area (Å²) < 4.78 is 10.2. The molecule has 0 spiro atoms. The number of nitrogens with one attached hydrogen (secondary N) is 2. The molecule has 3 amide bonds. The molecule has 13 heteroatoms. The van der Waals surface area contributed by atoms with E-state index in [1.807, 2.05) is 0 Å². The summed E-state index contributed by atoms with van der Waals surface area (Å²) in [7, 11) is 0. The van der Waals surface area contributed by atoms with Gasteiger partial charge in [0.25, 0.3) is 0 Å². The highest BCUT2D eigenvalue weighted by atomic mass is 32.2. The lowest BCUT2D eigenvalue weighted by molar-refractivity contribution is -0.153. The second kappa shape index (κ2) is 10.4. The number of carbonyl (C=O) groups is 4. The number of thioether (sulfide) groups is 1. The van der Waals surface area contributed by atoms with Crippen LogP contribution in [0.5, 0.6) is 0 Å². The van der Waals surface area contributed by atoms with E-state index in [0.717, 1.165) is 0 Å². The molecular formula is C18H26N6O6S. The van der Waals surface area contributed by atoms with Crippen molar-refractivity contribution in [3.63, 3.8) is 0 Å². The van der Waals surface area contributed by atoms with Gasteiger partial charge in [0, 0.05) is 30.5 Å². The van der Waals surface area contributed by atoms with Gasteiger partial charge in [-0.2, -0.15) is 0 Å². The minimum absolute atomic E-state index is 0.139. The van der Waals surface area contributed by atoms with E-state index in [2.05, 4.69) is 20.7 Å². The lowest BCUT2D eigenvalue weighted by atomic mass is 9.97. The van der Waals surface area contributed by atoms with Crippen LogP contribution in [-0.4, -0.2) is 71.5 Å². The number of fused-ring (bicyclic) bond motifs is 1. The van der Waals surface area contributed by atoms with Crippen molar-refractivity contribution < 1.29 is 28.7 Å². The fourth-order valence-electron chi connectivity index (χ4n) is 2.97. The summed E-state index contributed by atoms with van der Waals surface area (Å²) >= 11 is 1.25. The fraction of sp³-hybridized carbons (Fsp3) is 0.667. The van der Waals surface area contributed by atoms with Gasteiger partial charge in [0.1, 0.15) is 29.7 Å². The van der Waals surface area contributed by atoms with Gasteiger partial charge in [0.05, 0.1) is 0 Å². The van der Waals surface area contributed by atoms with Crippen molar-refractivity contribution in [3.05, 3.63) is 21.4 Å². The molecule has 1 fully saturated rings. The molecule has 0 aromatic heterocycles. The third-order valence-electron chi connectivity index (χ3n) is 4.23. The molecule has 0 aromatic rings. The number of azide groups is 1. The maximum atomic E-state index is 12.8. The van der Waals surface area contributed by atoms with Crippen LogP contribution < -0.4 is 10.6 Å². The Balaban J connectivity index is 2.10. The molecule has 0 radical (unpaired) electrons. The molecule has 2 N–H and O–H groups in total. The highest BCUT2D eigenvalue weighted by Crippen LogP contribution is 2.40. The summed E-state index contributed by atoms with van der Waals surface area (Å²) in [6.07, 6.45) is -0.291. The predicted octanol–water partition coefficient (Wildman–Crippen LogP) is 1.43. The van der Waals surface area contributed by atoms with E-state index < -0.39 is 46.9 Å². The zero-order valence-corrected chi connectivity index (χ0v) is 18.6. The van der Waals surface area contributed by atoms with Crippen LogP contribution >= 0.6 is 11.8 Å². The summed E-state index contributed by atoms with van der Waals surface area (Å²) in [5.41, 5.74) is 8.04. The molecule has 170 valence electrons. The zero-order chi connectivity index (χ0) is 23.2. The van der Waals surface area contributed by atoms with E-state index in [1.165, 1.54) is 23.6 Å². The number of amides is 3. The van der Waals surface area contributed by atoms with Gasteiger partial charge in [-0.05, 0) is 38.1 Å². The number of carbonyl (C=O) groups excluding carboxylic acids is 4. The quantitative estimate of drug-likeness (QED) is 0.140. The number of hydrogen-bond donors (Lipinski definition) is 2. The highest BCUT2D eigenvalue weighted by Gasteiger charge is 2.56. The number of hydrogen-bond acceptors (Lipinski definition) is 8. The Hall–Kier alpha value is -2.92. The maximum Gasteiger partial charge on any atom is 0.408 e. The molecule has 0 bridgehead atoms. The Morgan fingerprint density at radius 3 is 2.68 bits per heavy atom. The number of alkyl carbamates (subject to hydrolysis) is 1. The highest BCUT2D eigenvalue weighted by molar-refractivity contribution is 8.02. The molecular weight excluding hydrogens is 428 g/mol. The van der Waals surface area contributed by atoms with Crippen LogP contribution in [0.1, 0.15) is 34.1 Å². The van der Waals surface area contributed by atoms with Crippen molar-refractivity contribution in [2.45, 2.75) is 57.2 Å². The van der Waals surface area contributed by atoms with Crippen LogP contribution in [-0.2, 0) is 23.9 Å². The first-order valence-electron chi connectivity index (χ1n) is 9.63. The van der Waals surface area contributed by atoms with E-state index in [4.69, 9.17) is 15.0 Å². The predicted molar refractivity (Wildman–Crippen MR) is 112 cm³/mol. The number of β-lactam (4-membered cyclic amide) rings is 1. The number of nitrogens with zero attached hydrogens (tertiary/aromatic N) is 4. The molecule has 12 nitrogen and oxygen atoms in total. The van der Waals surface area contributed by atoms with Gasteiger partial charge in [-0.3, -0.25) is 14.4 Å². The molecule has 0 aromatic carbocycles. The maximum absolute atomic E-state index is 12.8. The molecule has 1 saturated heterocycles. The van der Waals surface area contributed by atoms with Crippen molar-refractivity contribution >= 4 is 35.6 Å². The Morgan fingerprint density at radius 1 is 1.35 bits per heavy atom. The van der Waals surface area contributed by atoms with Gasteiger partial charge in [-0.25, -0.2) is 4.79 Å². The smallest absolute Gasteiger partial charge is 0.408 e. The first-order valence-corrected chi connectivity index (χ1v) is 10.6. The van der Waals surface area contributed by atoms with Gasteiger partial charge >= 0.3 is 12.1 Å². The van der Waals surface area contributed by atoms with Crippen LogP contribution in [0, 0.1) is 0 Å². The molecule has 1 unspecified atom stereocenters. The van der Waals surface area contributed by atoms with E-state index in [-0.39, 0.29) is 19.7 Å². The summed E-state index contributed by atoms with van der Waals surface area (Å²) in [5, 5.41) is 9.82. The fourth-order valence-corrected chi connectivity index (χ4v) is 4.18. The first kappa shape index (κ1) is 24.4. The normalized spacial score (nSPS) is 22.2. The molecule has 2 heterocycles. The van der Waals surface area contributed by atoms with E-state index in [9.17, 15) is 19.2 Å². The third kappa shape index (κ3) is 6.53.